The Hall–Kier alpha value is -1.97. The van der Waals surface area contributed by atoms with Crippen molar-refractivity contribution in [2.45, 2.75) is 53.4 Å². The van der Waals surface area contributed by atoms with Crippen molar-refractivity contribution in [1.82, 2.24) is 0 Å². The van der Waals surface area contributed by atoms with Crippen molar-refractivity contribution < 1.29 is 19.5 Å². The minimum Gasteiger partial charge on any atom is -0.481 e. The van der Waals surface area contributed by atoms with E-state index in [2.05, 4.69) is 0 Å². The molecule has 0 bridgehead atoms. The number of carboxylic acid groups (broad SMARTS) is 1. The Bertz CT molecular complexity index is 574. The number of hydrogen-bond acceptors (Lipinski definition) is 3. The van der Waals surface area contributed by atoms with Crippen LogP contribution in [-0.2, 0) is 14.4 Å². The summed E-state index contributed by atoms with van der Waals surface area (Å²) in [6.07, 6.45) is 3.67. The highest BCUT2D eigenvalue weighted by atomic mass is 16.4. The molecule has 1 aliphatic carbocycles. The maximum absolute atomic E-state index is 12.2. The quantitative estimate of drug-likeness (QED) is 0.601. The predicted octanol–water partition coefficient (Wildman–Crippen LogP) is 3.38. The van der Waals surface area contributed by atoms with Crippen LogP contribution in [0.1, 0.15) is 53.4 Å². The Kier molecular flexibility index (Phi) is 5.82. The molecule has 0 fully saturated rings. The van der Waals surface area contributed by atoms with E-state index in [9.17, 15) is 14.4 Å². The van der Waals surface area contributed by atoms with Gasteiger partial charge in [0.1, 0.15) is 0 Å². The molecule has 0 spiro atoms. The lowest BCUT2D eigenvalue weighted by molar-refractivity contribution is -0.136. The molecule has 0 aliphatic heterocycles. The maximum Gasteiger partial charge on any atom is 0.303 e. The lowest BCUT2D eigenvalue weighted by Crippen LogP contribution is -2.20. The molecule has 0 amide bonds. The first-order valence-electron chi connectivity index (χ1n) is 7.09. The van der Waals surface area contributed by atoms with Crippen LogP contribution in [0.15, 0.2) is 33.9 Å². The first kappa shape index (κ1) is 17.1. The fourth-order valence-electron chi connectivity index (χ4n) is 2.32. The molecule has 0 atom stereocenters. The summed E-state index contributed by atoms with van der Waals surface area (Å²) in [6.45, 7) is 7.00. The van der Waals surface area contributed by atoms with Crippen molar-refractivity contribution in [3.63, 3.8) is 0 Å². The smallest absolute Gasteiger partial charge is 0.303 e. The van der Waals surface area contributed by atoms with Crippen molar-refractivity contribution in [3.05, 3.63) is 33.9 Å². The number of hydrogen-bond donors (Lipinski definition) is 1. The fourth-order valence-corrected chi connectivity index (χ4v) is 2.32. The lowest BCUT2D eigenvalue weighted by Gasteiger charge is -2.18. The zero-order valence-corrected chi connectivity index (χ0v) is 13.1. The number of allylic oxidation sites excluding steroid dienone is 6. The molecule has 21 heavy (non-hydrogen) atoms. The molecule has 0 saturated carbocycles. The molecule has 114 valence electrons. The van der Waals surface area contributed by atoms with Gasteiger partial charge in [0.25, 0.3) is 0 Å². The standard InChI is InChI=1S/C17H22O4/c1-10(6-5-7-15(18)19)8-9-14-13(4)16(20)11(2)12(3)17(14)21/h6H,5,7-9H2,1-4H3,(H,18,19)/b10-6+. The Labute approximate surface area is 125 Å². The molecule has 1 rings (SSSR count). The van der Waals surface area contributed by atoms with Gasteiger partial charge >= 0.3 is 5.97 Å². The zero-order chi connectivity index (χ0) is 16.2. The second-order valence-electron chi connectivity index (χ2n) is 5.49. The van der Waals surface area contributed by atoms with Gasteiger partial charge in [0.05, 0.1) is 0 Å². The van der Waals surface area contributed by atoms with E-state index < -0.39 is 5.97 Å². The molecule has 0 heterocycles. The highest BCUT2D eigenvalue weighted by molar-refractivity contribution is 6.24. The van der Waals surface area contributed by atoms with Gasteiger partial charge in [-0.15, -0.1) is 0 Å². The van der Waals surface area contributed by atoms with E-state index in [1.54, 1.807) is 20.8 Å². The Morgan fingerprint density at radius 3 is 2.14 bits per heavy atom. The van der Waals surface area contributed by atoms with Gasteiger partial charge in [-0.25, -0.2) is 0 Å². The summed E-state index contributed by atoms with van der Waals surface area (Å²) < 4.78 is 0. The minimum absolute atomic E-state index is 0.0389. The number of carboxylic acids is 1. The van der Waals surface area contributed by atoms with E-state index in [4.69, 9.17) is 5.11 Å². The van der Waals surface area contributed by atoms with Crippen molar-refractivity contribution in [1.29, 1.82) is 0 Å². The molecular weight excluding hydrogens is 268 g/mol. The van der Waals surface area contributed by atoms with E-state index in [-0.39, 0.29) is 18.0 Å². The van der Waals surface area contributed by atoms with Gasteiger partial charge in [0, 0.05) is 28.7 Å². The first-order valence-corrected chi connectivity index (χ1v) is 7.09. The highest BCUT2D eigenvalue weighted by Gasteiger charge is 2.27. The average molecular weight is 290 g/mol. The lowest BCUT2D eigenvalue weighted by atomic mass is 9.83. The molecular formula is C17H22O4. The normalized spacial score (nSPS) is 16.9. The van der Waals surface area contributed by atoms with Crippen molar-refractivity contribution in [2.24, 2.45) is 0 Å². The molecule has 0 saturated heterocycles. The zero-order valence-electron chi connectivity index (χ0n) is 13.1. The van der Waals surface area contributed by atoms with Crippen LogP contribution in [-0.4, -0.2) is 22.6 Å². The van der Waals surface area contributed by atoms with Gasteiger partial charge in [-0.05, 0) is 47.0 Å². The summed E-state index contributed by atoms with van der Waals surface area (Å²) in [5.41, 5.74) is 3.25. The molecule has 0 aromatic heterocycles. The number of carbonyl (C=O) groups is 3. The van der Waals surface area contributed by atoms with Crippen LogP contribution in [0, 0.1) is 0 Å². The molecule has 4 heteroatoms. The number of carbonyl (C=O) groups excluding carboxylic acids is 2. The third-order valence-electron chi connectivity index (χ3n) is 3.93. The SMILES string of the molecule is CC1=C(C)C(=O)C(CC/C(C)=C/CCC(=O)O)=C(C)C1=O. The van der Waals surface area contributed by atoms with Crippen LogP contribution >= 0.6 is 0 Å². The van der Waals surface area contributed by atoms with Gasteiger partial charge in [-0.1, -0.05) is 11.6 Å². The maximum atomic E-state index is 12.2. The first-order chi connectivity index (χ1) is 9.75. The second-order valence-corrected chi connectivity index (χ2v) is 5.49. The summed E-state index contributed by atoms with van der Waals surface area (Å²) in [7, 11) is 0. The van der Waals surface area contributed by atoms with E-state index in [0.717, 1.165) is 5.57 Å². The largest absolute Gasteiger partial charge is 0.481 e. The monoisotopic (exact) mass is 290 g/mol. The van der Waals surface area contributed by atoms with Gasteiger partial charge in [-0.3, -0.25) is 14.4 Å². The fraction of sp³-hybridized carbons (Fsp3) is 0.471. The van der Waals surface area contributed by atoms with Gasteiger partial charge in [0.15, 0.2) is 11.6 Å². The minimum atomic E-state index is -0.818. The summed E-state index contributed by atoms with van der Waals surface area (Å²) >= 11 is 0. The van der Waals surface area contributed by atoms with Gasteiger partial charge < -0.3 is 5.11 Å². The summed E-state index contributed by atoms with van der Waals surface area (Å²) in [5, 5.41) is 8.59. The third kappa shape index (κ3) is 4.25. The average Bonchev–Trinajstić information content (AvgIpc) is 2.42. The van der Waals surface area contributed by atoms with Crippen LogP contribution < -0.4 is 0 Å². The van der Waals surface area contributed by atoms with Gasteiger partial charge in [0.2, 0.25) is 0 Å². The predicted molar refractivity (Wildman–Crippen MR) is 80.9 cm³/mol. The third-order valence-corrected chi connectivity index (χ3v) is 3.93. The molecule has 0 aromatic rings. The van der Waals surface area contributed by atoms with Crippen LogP contribution in [0.3, 0.4) is 0 Å². The molecule has 4 nitrogen and oxygen atoms in total. The van der Waals surface area contributed by atoms with E-state index in [1.807, 2.05) is 13.0 Å². The molecule has 0 unspecified atom stereocenters. The van der Waals surface area contributed by atoms with E-state index in [0.29, 0.717) is 41.6 Å². The Morgan fingerprint density at radius 2 is 1.57 bits per heavy atom. The number of aliphatic carboxylic acids is 1. The number of ketones is 2. The van der Waals surface area contributed by atoms with E-state index in [1.165, 1.54) is 0 Å². The molecule has 1 N–H and O–H groups in total. The summed E-state index contributed by atoms with van der Waals surface area (Å²) in [6, 6.07) is 0. The topological polar surface area (TPSA) is 71.4 Å². The van der Waals surface area contributed by atoms with Crippen molar-refractivity contribution in [3.8, 4) is 0 Å². The highest BCUT2D eigenvalue weighted by Crippen LogP contribution is 2.27. The Morgan fingerprint density at radius 1 is 1.00 bits per heavy atom. The van der Waals surface area contributed by atoms with E-state index >= 15 is 0 Å². The van der Waals surface area contributed by atoms with Crippen LogP contribution in [0.25, 0.3) is 0 Å². The number of rotatable bonds is 6. The molecule has 1 aliphatic rings. The van der Waals surface area contributed by atoms with Crippen LogP contribution in [0.5, 0.6) is 0 Å². The molecule has 0 aromatic carbocycles. The van der Waals surface area contributed by atoms with Crippen molar-refractivity contribution in [2.75, 3.05) is 0 Å². The van der Waals surface area contributed by atoms with Crippen LogP contribution in [0.2, 0.25) is 0 Å². The number of Topliss-reactive ketones (excluding diaryl/α,β-unsaturated/α-hetero) is 2. The second kappa shape index (κ2) is 7.16. The van der Waals surface area contributed by atoms with Crippen LogP contribution in [0.4, 0.5) is 0 Å². The van der Waals surface area contributed by atoms with Gasteiger partial charge in [-0.2, -0.15) is 0 Å². The summed E-state index contributed by atoms with van der Waals surface area (Å²) in [5.74, 6) is -0.903. The Balaban J connectivity index is 2.73. The van der Waals surface area contributed by atoms with Crippen molar-refractivity contribution >= 4 is 17.5 Å². The molecule has 0 radical (unpaired) electrons. The summed E-state index contributed by atoms with van der Waals surface area (Å²) in [4.78, 5) is 34.7.